The number of fused-ring (bicyclic) bond motifs is 2. The van der Waals surface area contributed by atoms with Crippen molar-refractivity contribution in [2.45, 2.75) is 20.0 Å². The fourth-order valence-corrected chi connectivity index (χ4v) is 3.43. The molecule has 0 saturated carbocycles. The summed E-state index contributed by atoms with van der Waals surface area (Å²) in [4.78, 5) is 26.2. The summed E-state index contributed by atoms with van der Waals surface area (Å²) in [5.41, 5.74) is 3.57. The second kappa shape index (κ2) is 7.10. The van der Waals surface area contributed by atoms with E-state index in [0.29, 0.717) is 35.0 Å². The van der Waals surface area contributed by atoms with Crippen molar-refractivity contribution in [2.24, 2.45) is 0 Å². The second-order valence-corrected chi connectivity index (χ2v) is 7.19. The molecule has 0 bridgehead atoms. The van der Waals surface area contributed by atoms with Gasteiger partial charge in [0.15, 0.2) is 0 Å². The molecule has 2 heterocycles. The maximum Gasteiger partial charge on any atom is 0.258 e. The molecule has 0 radical (unpaired) electrons. The van der Waals surface area contributed by atoms with Gasteiger partial charge in [0.1, 0.15) is 11.0 Å². The lowest BCUT2D eigenvalue weighted by Gasteiger charge is -2.17. The van der Waals surface area contributed by atoms with Crippen LogP contribution < -0.4 is 5.56 Å². The molecule has 136 valence electrons. The third-order valence-corrected chi connectivity index (χ3v) is 4.85. The largest absolute Gasteiger partial charge is 0.309 e. The molecule has 27 heavy (non-hydrogen) atoms. The van der Waals surface area contributed by atoms with E-state index in [1.54, 1.807) is 6.07 Å². The standard InChI is InChI=1S/C21H19ClN4O/c1-13-7-8-14-10-15(20(22)24-18(14)9-13)11-26(2)12-19-23-17-6-4-3-5-16(17)21(27)25-19/h3-10H,11-12H2,1-2H3,(H,23,25,27). The van der Waals surface area contributed by atoms with Crippen LogP contribution in [0.2, 0.25) is 5.15 Å². The first-order valence-corrected chi connectivity index (χ1v) is 9.10. The van der Waals surface area contributed by atoms with E-state index in [1.165, 1.54) is 0 Å². The van der Waals surface area contributed by atoms with Crippen molar-refractivity contribution < 1.29 is 0 Å². The molecular formula is C21H19ClN4O. The average Bonchev–Trinajstić information content (AvgIpc) is 2.62. The zero-order valence-corrected chi connectivity index (χ0v) is 15.9. The summed E-state index contributed by atoms with van der Waals surface area (Å²) in [6.45, 7) is 3.14. The van der Waals surface area contributed by atoms with Crippen molar-refractivity contribution in [2.75, 3.05) is 7.05 Å². The number of aromatic amines is 1. The number of H-pyrrole nitrogens is 1. The van der Waals surface area contributed by atoms with E-state index < -0.39 is 0 Å². The first-order chi connectivity index (χ1) is 13.0. The Morgan fingerprint density at radius 2 is 1.85 bits per heavy atom. The Balaban J connectivity index is 1.58. The first kappa shape index (κ1) is 17.6. The van der Waals surface area contributed by atoms with Gasteiger partial charge in [-0.05, 0) is 43.8 Å². The summed E-state index contributed by atoms with van der Waals surface area (Å²) in [6, 6.07) is 15.5. The monoisotopic (exact) mass is 378 g/mol. The molecule has 0 unspecified atom stereocenters. The Morgan fingerprint density at radius 1 is 1.04 bits per heavy atom. The zero-order valence-electron chi connectivity index (χ0n) is 15.2. The number of nitrogens with zero attached hydrogens (tertiary/aromatic N) is 3. The summed E-state index contributed by atoms with van der Waals surface area (Å²) in [5, 5.41) is 2.16. The fraction of sp³-hybridized carbons (Fsp3) is 0.190. The van der Waals surface area contributed by atoms with Crippen LogP contribution in [-0.2, 0) is 13.1 Å². The highest BCUT2D eigenvalue weighted by Crippen LogP contribution is 2.23. The van der Waals surface area contributed by atoms with Gasteiger partial charge in [0, 0.05) is 17.5 Å². The molecule has 0 spiro atoms. The minimum atomic E-state index is -0.121. The summed E-state index contributed by atoms with van der Waals surface area (Å²) < 4.78 is 0. The van der Waals surface area contributed by atoms with Gasteiger partial charge in [-0.25, -0.2) is 9.97 Å². The van der Waals surface area contributed by atoms with Crippen molar-refractivity contribution >= 4 is 33.4 Å². The van der Waals surface area contributed by atoms with Crippen LogP contribution in [0.5, 0.6) is 0 Å². The van der Waals surface area contributed by atoms with Crippen LogP contribution in [0.25, 0.3) is 21.8 Å². The topological polar surface area (TPSA) is 61.9 Å². The number of hydrogen-bond acceptors (Lipinski definition) is 4. The van der Waals surface area contributed by atoms with Crippen LogP contribution in [0, 0.1) is 6.92 Å². The van der Waals surface area contributed by atoms with Gasteiger partial charge >= 0.3 is 0 Å². The molecule has 2 aromatic carbocycles. The summed E-state index contributed by atoms with van der Waals surface area (Å²) in [7, 11) is 1.96. The first-order valence-electron chi connectivity index (χ1n) is 8.72. The van der Waals surface area contributed by atoms with Crippen molar-refractivity contribution in [1.82, 2.24) is 19.9 Å². The van der Waals surface area contributed by atoms with Crippen LogP contribution in [0.15, 0.2) is 53.3 Å². The van der Waals surface area contributed by atoms with Gasteiger partial charge in [0.25, 0.3) is 5.56 Å². The highest BCUT2D eigenvalue weighted by Gasteiger charge is 2.11. The van der Waals surface area contributed by atoms with Gasteiger partial charge in [-0.1, -0.05) is 35.9 Å². The molecule has 0 aliphatic heterocycles. The van der Waals surface area contributed by atoms with Gasteiger partial charge in [-0.2, -0.15) is 0 Å². The quantitative estimate of drug-likeness (QED) is 0.544. The van der Waals surface area contributed by atoms with E-state index in [-0.39, 0.29) is 5.56 Å². The molecule has 2 aromatic heterocycles. The van der Waals surface area contributed by atoms with Crippen molar-refractivity contribution in [3.63, 3.8) is 0 Å². The highest BCUT2D eigenvalue weighted by atomic mass is 35.5. The Hall–Kier alpha value is -2.76. The fourth-order valence-electron chi connectivity index (χ4n) is 3.22. The average molecular weight is 379 g/mol. The Morgan fingerprint density at radius 3 is 2.70 bits per heavy atom. The lowest BCUT2D eigenvalue weighted by Crippen LogP contribution is -2.22. The maximum atomic E-state index is 12.2. The van der Waals surface area contributed by atoms with Crippen molar-refractivity contribution in [3.8, 4) is 0 Å². The molecule has 0 fully saturated rings. The molecule has 0 saturated heterocycles. The third kappa shape index (κ3) is 3.70. The molecule has 4 aromatic rings. The summed E-state index contributed by atoms with van der Waals surface area (Å²) in [6.07, 6.45) is 0. The van der Waals surface area contributed by atoms with Crippen LogP contribution >= 0.6 is 11.6 Å². The van der Waals surface area contributed by atoms with Crippen molar-refractivity contribution in [3.05, 3.63) is 81.0 Å². The lowest BCUT2D eigenvalue weighted by molar-refractivity contribution is 0.310. The SMILES string of the molecule is Cc1ccc2cc(CN(C)Cc3nc4ccccc4c(=O)[nH]3)c(Cl)nc2c1. The minimum absolute atomic E-state index is 0.121. The van der Waals surface area contributed by atoms with E-state index >= 15 is 0 Å². The van der Waals surface area contributed by atoms with Crippen LogP contribution in [0.3, 0.4) is 0 Å². The number of benzene rings is 2. The van der Waals surface area contributed by atoms with Gasteiger partial charge in [0.2, 0.25) is 0 Å². The van der Waals surface area contributed by atoms with E-state index in [9.17, 15) is 4.79 Å². The lowest BCUT2D eigenvalue weighted by atomic mass is 10.1. The molecule has 1 N–H and O–H groups in total. The molecule has 0 amide bonds. The molecule has 5 nitrogen and oxygen atoms in total. The molecule has 6 heteroatoms. The summed E-state index contributed by atoms with van der Waals surface area (Å²) >= 11 is 6.39. The van der Waals surface area contributed by atoms with Gasteiger partial charge in [-0.15, -0.1) is 0 Å². The Labute approximate surface area is 161 Å². The molecule has 0 aliphatic carbocycles. The number of rotatable bonds is 4. The normalized spacial score (nSPS) is 11.6. The third-order valence-electron chi connectivity index (χ3n) is 4.52. The van der Waals surface area contributed by atoms with Gasteiger partial charge in [-0.3, -0.25) is 9.69 Å². The van der Waals surface area contributed by atoms with E-state index in [0.717, 1.165) is 22.0 Å². The smallest absolute Gasteiger partial charge is 0.258 e. The van der Waals surface area contributed by atoms with Crippen LogP contribution in [0.1, 0.15) is 17.0 Å². The van der Waals surface area contributed by atoms with E-state index in [2.05, 4.69) is 38.1 Å². The highest BCUT2D eigenvalue weighted by molar-refractivity contribution is 6.30. The zero-order chi connectivity index (χ0) is 19.0. The Kier molecular flexibility index (Phi) is 4.64. The molecule has 0 aliphatic rings. The predicted octanol–water partition coefficient (Wildman–Crippen LogP) is 4.07. The number of hydrogen-bond donors (Lipinski definition) is 1. The minimum Gasteiger partial charge on any atom is -0.309 e. The number of aryl methyl sites for hydroxylation is 1. The number of pyridine rings is 1. The van der Waals surface area contributed by atoms with Gasteiger partial charge < -0.3 is 4.98 Å². The number of nitrogens with one attached hydrogen (secondary N) is 1. The summed E-state index contributed by atoms with van der Waals surface area (Å²) in [5.74, 6) is 0.627. The van der Waals surface area contributed by atoms with Gasteiger partial charge in [0.05, 0.1) is 23.0 Å². The molecular weight excluding hydrogens is 360 g/mol. The van der Waals surface area contributed by atoms with E-state index in [1.807, 2.05) is 38.2 Å². The maximum absolute atomic E-state index is 12.2. The number of halogens is 1. The number of aromatic nitrogens is 3. The van der Waals surface area contributed by atoms with Crippen LogP contribution in [0.4, 0.5) is 0 Å². The number of para-hydroxylation sites is 1. The Bertz CT molecular complexity index is 1200. The second-order valence-electron chi connectivity index (χ2n) is 6.84. The van der Waals surface area contributed by atoms with E-state index in [4.69, 9.17) is 11.6 Å². The van der Waals surface area contributed by atoms with Crippen molar-refractivity contribution in [1.29, 1.82) is 0 Å². The predicted molar refractivity (Wildman–Crippen MR) is 109 cm³/mol. The molecule has 0 atom stereocenters. The molecule has 4 rings (SSSR count). The van der Waals surface area contributed by atoms with Crippen LogP contribution in [-0.4, -0.2) is 26.9 Å².